The van der Waals surface area contributed by atoms with Gasteiger partial charge in [0.2, 0.25) is 0 Å². The van der Waals surface area contributed by atoms with Gasteiger partial charge < -0.3 is 24.6 Å². The Kier molecular flexibility index (Phi) is 7.61. The largest absolute Gasteiger partial charge is 0.445 e. The molecule has 0 aromatic heterocycles. The summed E-state index contributed by atoms with van der Waals surface area (Å²) in [6, 6.07) is 27.1. The van der Waals surface area contributed by atoms with E-state index >= 15 is 0 Å². The maximum atomic E-state index is 12.5. The van der Waals surface area contributed by atoms with Gasteiger partial charge in [-0.25, -0.2) is 4.79 Å². The molecule has 1 N–H and O–H groups in total. The number of fused-ring (bicyclic) bond motifs is 1. The Bertz CT molecular complexity index is 1100. The molecule has 0 aliphatic carbocycles. The fourth-order valence-electron chi connectivity index (χ4n) is 4.81. The molecule has 1 saturated heterocycles. The van der Waals surface area contributed by atoms with Crippen LogP contribution in [-0.2, 0) is 29.1 Å². The third-order valence-corrected chi connectivity index (χ3v) is 6.79. The highest BCUT2D eigenvalue weighted by Crippen LogP contribution is 2.28. The lowest BCUT2D eigenvalue weighted by molar-refractivity contribution is 0.0942. The molecule has 1 amide bonds. The summed E-state index contributed by atoms with van der Waals surface area (Å²) in [5.74, 6) is 0. The Labute approximate surface area is 207 Å². The zero-order valence-corrected chi connectivity index (χ0v) is 20.1. The number of anilines is 1. The van der Waals surface area contributed by atoms with Crippen LogP contribution >= 0.6 is 0 Å². The van der Waals surface area contributed by atoms with Gasteiger partial charge in [-0.1, -0.05) is 66.7 Å². The molecule has 1 unspecified atom stereocenters. The molecule has 0 saturated carbocycles. The van der Waals surface area contributed by atoms with Gasteiger partial charge in [0.15, 0.2) is 0 Å². The molecule has 2 heterocycles. The Morgan fingerprint density at radius 3 is 2.26 bits per heavy atom. The maximum Gasteiger partial charge on any atom is 0.410 e. The highest BCUT2D eigenvalue weighted by Gasteiger charge is 2.25. The summed E-state index contributed by atoms with van der Waals surface area (Å²) in [6.45, 7) is 5.51. The lowest BCUT2D eigenvalue weighted by Gasteiger charge is -2.36. The predicted octanol–water partition coefficient (Wildman–Crippen LogP) is 4.55. The maximum absolute atomic E-state index is 12.5. The number of amides is 1. The van der Waals surface area contributed by atoms with Crippen molar-refractivity contribution in [3.63, 3.8) is 0 Å². The molecule has 6 nitrogen and oxygen atoms in total. The van der Waals surface area contributed by atoms with Crippen molar-refractivity contribution in [3.05, 3.63) is 101 Å². The van der Waals surface area contributed by atoms with E-state index in [1.54, 1.807) is 0 Å². The van der Waals surface area contributed by atoms with Crippen LogP contribution in [0.3, 0.4) is 0 Å². The van der Waals surface area contributed by atoms with Gasteiger partial charge in [0.05, 0.1) is 19.3 Å². The number of hydrogen-bond acceptors (Lipinski definition) is 5. The first-order chi connectivity index (χ1) is 17.3. The number of nitrogens with zero attached hydrogens (tertiary/aromatic N) is 2. The number of piperazine rings is 1. The first-order valence-electron chi connectivity index (χ1n) is 12.4. The lowest BCUT2D eigenvalue weighted by atomic mass is 9.94. The molecule has 3 aromatic carbocycles. The van der Waals surface area contributed by atoms with Crippen molar-refractivity contribution < 1.29 is 14.3 Å². The van der Waals surface area contributed by atoms with Gasteiger partial charge in [-0.15, -0.1) is 0 Å². The fraction of sp³-hybridized carbons (Fsp3) is 0.345. The molecule has 0 radical (unpaired) electrons. The number of carbonyl (C=O) groups is 1. The summed E-state index contributed by atoms with van der Waals surface area (Å²) in [5, 5.41) is 3.61. The number of nitrogens with one attached hydrogen (secondary N) is 1. The van der Waals surface area contributed by atoms with E-state index in [1.165, 1.54) is 22.4 Å². The van der Waals surface area contributed by atoms with Crippen LogP contribution in [0, 0.1) is 0 Å². The summed E-state index contributed by atoms with van der Waals surface area (Å²) in [7, 11) is 0. The van der Waals surface area contributed by atoms with E-state index in [1.807, 2.05) is 53.4 Å². The number of rotatable bonds is 7. The first-order valence-corrected chi connectivity index (χ1v) is 12.4. The van der Waals surface area contributed by atoms with Gasteiger partial charge in [0, 0.05) is 31.9 Å². The average molecular weight is 472 g/mol. The van der Waals surface area contributed by atoms with E-state index in [4.69, 9.17) is 9.47 Å². The van der Waals surface area contributed by atoms with Crippen molar-refractivity contribution >= 4 is 11.8 Å². The minimum atomic E-state index is -0.233. The van der Waals surface area contributed by atoms with Crippen LogP contribution in [0.25, 0.3) is 0 Å². The lowest BCUT2D eigenvalue weighted by Crippen LogP contribution is -2.49. The molecule has 35 heavy (non-hydrogen) atoms. The predicted molar refractivity (Wildman–Crippen MR) is 137 cm³/mol. The zero-order valence-electron chi connectivity index (χ0n) is 20.1. The molecule has 0 bridgehead atoms. The average Bonchev–Trinajstić information content (AvgIpc) is 2.93. The van der Waals surface area contributed by atoms with E-state index < -0.39 is 0 Å². The fourth-order valence-corrected chi connectivity index (χ4v) is 4.81. The number of carbonyl (C=O) groups excluding carboxylic acids is 1. The Morgan fingerprint density at radius 1 is 0.857 bits per heavy atom. The van der Waals surface area contributed by atoms with Crippen LogP contribution in [0.1, 0.15) is 28.3 Å². The third kappa shape index (κ3) is 6.02. The molecule has 2 aliphatic rings. The minimum absolute atomic E-state index is 0.216. The molecule has 5 rings (SSSR count). The van der Waals surface area contributed by atoms with Crippen molar-refractivity contribution in [1.29, 1.82) is 0 Å². The van der Waals surface area contributed by atoms with Crippen molar-refractivity contribution in [2.75, 3.05) is 44.2 Å². The van der Waals surface area contributed by atoms with Crippen LogP contribution in [0.2, 0.25) is 0 Å². The molecular formula is C29H33N3O3. The molecule has 0 spiro atoms. The van der Waals surface area contributed by atoms with E-state index in [-0.39, 0.29) is 12.1 Å². The van der Waals surface area contributed by atoms with Gasteiger partial charge in [-0.05, 0) is 47.4 Å². The molecule has 182 valence electrons. The van der Waals surface area contributed by atoms with Crippen molar-refractivity contribution in [3.8, 4) is 0 Å². The normalized spacial score (nSPS) is 17.7. The van der Waals surface area contributed by atoms with Crippen molar-refractivity contribution in [2.45, 2.75) is 25.7 Å². The number of hydrogen-bond donors (Lipinski definition) is 1. The second-order valence-corrected chi connectivity index (χ2v) is 9.15. The quantitative estimate of drug-likeness (QED) is 0.548. The number of ether oxygens (including phenoxy) is 2. The Morgan fingerprint density at radius 2 is 1.54 bits per heavy atom. The molecule has 1 atom stereocenters. The molecule has 1 fully saturated rings. The Hall–Kier alpha value is -3.35. The first kappa shape index (κ1) is 23.4. The Balaban J connectivity index is 1.13. The van der Waals surface area contributed by atoms with Crippen LogP contribution < -0.4 is 10.2 Å². The summed E-state index contributed by atoms with van der Waals surface area (Å²) in [6.07, 6.45) is 0.785. The van der Waals surface area contributed by atoms with Gasteiger partial charge in [0.25, 0.3) is 0 Å². The van der Waals surface area contributed by atoms with Crippen LogP contribution in [0.15, 0.2) is 78.9 Å². The second kappa shape index (κ2) is 11.4. The van der Waals surface area contributed by atoms with Gasteiger partial charge in [0.1, 0.15) is 6.61 Å². The molecular weight excluding hydrogens is 438 g/mol. The third-order valence-electron chi connectivity index (χ3n) is 6.79. The monoisotopic (exact) mass is 471 g/mol. The van der Waals surface area contributed by atoms with E-state index in [9.17, 15) is 4.79 Å². The summed E-state index contributed by atoms with van der Waals surface area (Å²) < 4.78 is 11.5. The van der Waals surface area contributed by atoms with Crippen LogP contribution in [0.4, 0.5) is 10.5 Å². The van der Waals surface area contributed by atoms with Crippen molar-refractivity contribution in [1.82, 2.24) is 10.2 Å². The van der Waals surface area contributed by atoms with E-state index in [0.717, 1.165) is 31.6 Å². The molecule has 2 aliphatic heterocycles. The zero-order chi connectivity index (χ0) is 23.9. The van der Waals surface area contributed by atoms with Crippen LogP contribution in [0.5, 0.6) is 0 Å². The standard InChI is InChI=1S/C29H33N3O3/c33-29(35-21-24-9-5-2-6-10-24)32-17-15-31(16-18-32)26-11-12-27-25(19-26)13-14-30-28(27)22-34-20-23-7-3-1-4-8-23/h1-12,19,28,30H,13-18,20-22H2. The minimum Gasteiger partial charge on any atom is -0.445 e. The highest BCUT2D eigenvalue weighted by molar-refractivity contribution is 5.68. The van der Waals surface area contributed by atoms with E-state index in [2.05, 4.69) is 40.5 Å². The van der Waals surface area contributed by atoms with Crippen molar-refractivity contribution in [2.24, 2.45) is 0 Å². The highest BCUT2D eigenvalue weighted by atomic mass is 16.6. The van der Waals surface area contributed by atoms with Gasteiger partial charge >= 0.3 is 6.09 Å². The van der Waals surface area contributed by atoms with Gasteiger partial charge in [-0.2, -0.15) is 0 Å². The molecule has 3 aromatic rings. The second-order valence-electron chi connectivity index (χ2n) is 9.15. The number of benzene rings is 3. The smallest absolute Gasteiger partial charge is 0.410 e. The van der Waals surface area contributed by atoms with Crippen LogP contribution in [-0.4, -0.2) is 50.3 Å². The van der Waals surface area contributed by atoms with Gasteiger partial charge in [-0.3, -0.25) is 0 Å². The summed E-state index contributed by atoms with van der Waals surface area (Å²) in [4.78, 5) is 16.7. The summed E-state index contributed by atoms with van der Waals surface area (Å²) >= 11 is 0. The molecule has 6 heteroatoms. The summed E-state index contributed by atoms with van der Waals surface area (Å²) in [5.41, 5.74) is 6.15. The SMILES string of the molecule is O=C(OCc1ccccc1)N1CCN(c2ccc3c(c2)CCNC3COCc2ccccc2)CC1. The topological polar surface area (TPSA) is 54.0 Å². The van der Waals surface area contributed by atoms with E-state index in [0.29, 0.717) is 32.9 Å².